The SMILES string of the molecule is COc1cc(N)ccc1S(=O)(=O)NCc1ccn[nH]1. The smallest absolute Gasteiger partial charge is 0.244 e. The summed E-state index contributed by atoms with van der Waals surface area (Å²) in [5, 5.41) is 6.41. The zero-order chi connectivity index (χ0) is 13.9. The lowest BCUT2D eigenvalue weighted by molar-refractivity contribution is 0.402. The van der Waals surface area contributed by atoms with Crippen LogP contribution in [0.1, 0.15) is 5.69 Å². The third-order valence-electron chi connectivity index (χ3n) is 2.49. The molecule has 0 amide bonds. The van der Waals surface area contributed by atoms with Gasteiger partial charge in [-0.15, -0.1) is 0 Å². The second-order valence-corrected chi connectivity index (χ2v) is 5.55. The molecule has 1 aromatic heterocycles. The first-order valence-corrected chi connectivity index (χ1v) is 6.92. The topological polar surface area (TPSA) is 110 Å². The number of sulfonamides is 1. The van der Waals surface area contributed by atoms with Crippen LogP contribution in [0.3, 0.4) is 0 Å². The van der Waals surface area contributed by atoms with E-state index in [9.17, 15) is 8.42 Å². The number of hydrogen-bond acceptors (Lipinski definition) is 5. The Morgan fingerprint density at radius 2 is 2.21 bits per heavy atom. The molecule has 0 aliphatic carbocycles. The van der Waals surface area contributed by atoms with Crippen LogP contribution in [0.25, 0.3) is 0 Å². The number of methoxy groups -OCH3 is 1. The number of H-pyrrole nitrogens is 1. The largest absolute Gasteiger partial charge is 0.495 e. The van der Waals surface area contributed by atoms with Gasteiger partial charge in [-0.2, -0.15) is 5.10 Å². The molecule has 2 rings (SSSR count). The lowest BCUT2D eigenvalue weighted by Gasteiger charge is -2.10. The summed E-state index contributed by atoms with van der Waals surface area (Å²) in [6.07, 6.45) is 1.55. The predicted molar refractivity (Wildman–Crippen MR) is 70.0 cm³/mol. The van der Waals surface area contributed by atoms with E-state index in [2.05, 4.69) is 14.9 Å². The highest BCUT2D eigenvalue weighted by Crippen LogP contribution is 2.25. The van der Waals surface area contributed by atoms with Gasteiger partial charge in [-0.05, 0) is 18.2 Å². The number of nitrogen functional groups attached to an aromatic ring is 1. The van der Waals surface area contributed by atoms with Gasteiger partial charge in [0.05, 0.1) is 19.3 Å². The van der Waals surface area contributed by atoms with Crippen LogP contribution in [-0.2, 0) is 16.6 Å². The zero-order valence-corrected chi connectivity index (χ0v) is 11.1. The van der Waals surface area contributed by atoms with E-state index in [1.54, 1.807) is 12.3 Å². The first kappa shape index (κ1) is 13.4. The Bertz CT molecular complexity index is 653. The second-order valence-electron chi connectivity index (χ2n) is 3.82. The van der Waals surface area contributed by atoms with Crippen LogP contribution in [0, 0.1) is 0 Å². The van der Waals surface area contributed by atoms with Gasteiger partial charge in [0.25, 0.3) is 0 Å². The molecule has 7 nitrogen and oxygen atoms in total. The molecule has 0 atom stereocenters. The predicted octanol–water partition coefficient (Wildman–Crippen LogP) is 0.479. The number of nitrogens with zero attached hydrogens (tertiary/aromatic N) is 1. The van der Waals surface area contributed by atoms with E-state index in [-0.39, 0.29) is 17.2 Å². The molecule has 0 fully saturated rings. The number of hydrogen-bond donors (Lipinski definition) is 3. The van der Waals surface area contributed by atoms with Gasteiger partial charge in [0.15, 0.2) is 0 Å². The van der Waals surface area contributed by atoms with Crippen molar-refractivity contribution in [2.45, 2.75) is 11.4 Å². The van der Waals surface area contributed by atoms with Gasteiger partial charge < -0.3 is 10.5 Å². The van der Waals surface area contributed by atoms with E-state index in [0.29, 0.717) is 11.4 Å². The maximum atomic E-state index is 12.2. The Kier molecular flexibility index (Phi) is 3.72. The molecule has 19 heavy (non-hydrogen) atoms. The van der Waals surface area contributed by atoms with Gasteiger partial charge in [0.1, 0.15) is 10.6 Å². The number of benzene rings is 1. The standard InChI is InChI=1S/C11H14N4O3S/c1-18-10-6-8(12)2-3-11(10)19(16,17)14-7-9-4-5-13-15-9/h2-6,14H,7,12H2,1H3,(H,13,15). The Hall–Kier alpha value is -2.06. The molecule has 0 saturated heterocycles. The summed E-state index contributed by atoms with van der Waals surface area (Å²) in [5.74, 6) is 0.206. The van der Waals surface area contributed by atoms with Crippen LogP contribution in [-0.4, -0.2) is 25.7 Å². The summed E-state index contributed by atoms with van der Waals surface area (Å²) >= 11 is 0. The van der Waals surface area contributed by atoms with Gasteiger partial charge in [0.2, 0.25) is 10.0 Å². The average molecular weight is 282 g/mol. The van der Waals surface area contributed by atoms with Crippen LogP contribution < -0.4 is 15.2 Å². The Morgan fingerprint density at radius 1 is 1.42 bits per heavy atom. The van der Waals surface area contributed by atoms with E-state index in [4.69, 9.17) is 10.5 Å². The molecular weight excluding hydrogens is 268 g/mol. The fourth-order valence-electron chi connectivity index (χ4n) is 1.54. The Morgan fingerprint density at radius 3 is 2.84 bits per heavy atom. The van der Waals surface area contributed by atoms with Crippen molar-refractivity contribution in [3.05, 3.63) is 36.2 Å². The number of rotatable bonds is 5. The first-order valence-electron chi connectivity index (χ1n) is 5.44. The molecule has 1 heterocycles. The molecule has 8 heteroatoms. The summed E-state index contributed by atoms with van der Waals surface area (Å²) in [6, 6.07) is 6.06. The van der Waals surface area contributed by atoms with E-state index in [0.717, 1.165) is 0 Å². The fraction of sp³-hybridized carbons (Fsp3) is 0.182. The molecule has 0 saturated carbocycles. The third kappa shape index (κ3) is 3.04. The second kappa shape index (κ2) is 5.29. The highest BCUT2D eigenvalue weighted by Gasteiger charge is 2.19. The third-order valence-corrected chi connectivity index (χ3v) is 3.93. The van der Waals surface area contributed by atoms with E-state index in [1.807, 2.05) is 0 Å². The molecule has 2 aromatic rings. The molecule has 0 unspecified atom stereocenters. The summed E-state index contributed by atoms with van der Waals surface area (Å²) in [7, 11) is -2.28. The van der Waals surface area contributed by atoms with Crippen LogP contribution >= 0.6 is 0 Å². The zero-order valence-electron chi connectivity index (χ0n) is 10.3. The van der Waals surface area contributed by atoms with E-state index >= 15 is 0 Å². The lowest BCUT2D eigenvalue weighted by atomic mass is 10.3. The number of anilines is 1. The average Bonchev–Trinajstić information content (AvgIpc) is 2.89. The molecule has 0 aliphatic rings. The van der Waals surface area contributed by atoms with E-state index in [1.165, 1.54) is 25.3 Å². The van der Waals surface area contributed by atoms with Gasteiger partial charge in [-0.3, -0.25) is 5.10 Å². The molecular formula is C11H14N4O3S. The maximum absolute atomic E-state index is 12.2. The minimum atomic E-state index is -3.67. The molecule has 0 aliphatic heterocycles. The van der Waals surface area contributed by atoms with Crippen molar-refractivity contribution in [1.29, 1.82) is 0 Å². The highest BCUT2D eigenvalue weighted by molar-refractivity contribution is 7.89. The van der Waals surface area contributed by atoms with Gasteiger partial charge in [-0.1, -0.05) is 0 Å². The summed E-state index contributed by atoms with van der Waals surface area (Å²) < 4.78 is 31.8. The molecule has 1 aromatic carbocycles. The van der Waals surface area contributed by atoms with Gasteiger partial charge >= 0.3 is 0 Å². The minimum Gasteiger partial charge on any atom is -0.495 e. The Balaban J connectivity index is 2.24. The van der Waals surface area contributed by atoms with Crippen molar-refractivity contribution in [1.82, 2.24) is 14.9 Å². The molecule has 0 radical (unpaired) electrons. The number of aromatic nitrogens is 2. The van der Waals surface area contributed by atoms with Crippen molar-refractivity contribution in [3.8, 4) is 5.75 Å². The first-order chi connectivity index (χ1) is 9.03. The van der Waals surface area contributed by atoms with Crippen molar-refractivity contribution >= 4 is 15.7 Å². The number of ether oxygens (including phenoxy) is 1. The van der Waals surface area contributed by atoms with Gasteiger partial charge in [-0.25, -0.2) is 13.1 Å². The van der Waals surface area contributed by atoms with Gasteiger partial charge in [0, 0.05) is 18.0 Å². The Labute approximate surface area is 110 Å². The summed E-state index contributed by atoms with van der Waals surface area (Å²) in [6.45, 7) is 0.121. The maximum Gasteiger partial charge on any atom is 0.244 e. The number of aromatic amines is 1. The highest BCUT2D eigenvalue weighted by atomic mass is 32.2. The fourth-order valence-corrected chi connectivity index (χ4v) is 2.70. The summed E-state index contributed by atoms with van der Waals surface area (Å²) in [4.78, 5) is 0.0451. The normalized spacial score (nSPS) is 11.4. The number of nitrogens with one attached hydrogen (secondary N) is 2. The van der Waals surface area contributed by atoms with Crippen LogP contribution in [0.4, 0.5) is 5.69 Å². The van der Waals surface area contributed by atoms with E-state index < -0.39 is 10.0 Å². The molecule has 102 valence electrons. The monoisotopic (exact) mass is 282 g/mol. The quantitative estimate of drug-likeness (QED) is 0.691. The molecule has 0 bridgehead atoms. The van der Waals surface area contributed by atoms with Crippen LogP contribution in [0.2, 0.25) is 0 Å². The minimum absolute atomic E-state index is 0.0451. The lowest BCUT2D eigenvalue weighted by Crippen LogP contribution is -2.24. The number of nitrogens with two attached hydrogens (primary N) is 1. The van der Waals surface area contributed by atoms with Crippen molar-refractivity contribution in [2.75, 3.05) is 12.8 Å². The molecule has 4 N–H and O–H groups in total. The van der Waals surface area contributed by atoms with Crippen molar-refractivity contribution in [3.63, 3.8) is 0 Å². The molecule has 0 spiro atoms. The summed E-state index contributed by atoms with van der Waals surface area (Å²) in [5.41, 5.74) is 6.69. The van der Waals surface area contributed by atoms with Crippen molar-refractivity contribution in [2.24, 2.45) is 0 Å². The van der Waals surface area contributed by atoms with Crippen molar-refractivity contribution < 1.29 is 13.2 Å². The van der Waals surface area contributed by atoms with Crippen LogP contribution in [0.5, 0.6) is 5.75 Å². The van der Waals surface area contributed by atoms with Crippen LogP contribution in [0.15, 0.2) is 35.4 Å².